The van der Waals surface area contributed by atoms with E-state index in [0.717, 1.165) is 42.6 Å². The first-order valence-corrected chi connectivity index (χ1v) is 12.2. The zero-order valence-corrected chi connectivity index (χ0v) is 20.4. The van der Waals surface area contributed by atoms with Gasteiger partial charge in [-0.05, 0) is 32.4 Å². The fraction of sp³-hybridized carbons (Fsp3) is 0.500. The highest BCUT2D eigenvalue weighted by atomic mass is 35.5. The van der Waals surface area contributed by atoms with Crippen LogP contribution in [0.5, 0.6) is 0 Å². The molecule has 6 rings (SSSR count). The van der Waals surface area contributed by atoms with Crippen molar-refractivity contribution in [3.05, 3.63) is 47.5 Å². The van der Waals surface area contributed by atoms with Crippen LogP contribution in [0.25, 0.3) is 5.65 Å². The van der Waals surface area contributed by atoms with Crippen LogP contribution in [0.15, 0.2) is 36.8 Å². The number of piperazine rings is 1. The van der Waals surface area contributed by atoms with E-state index in [1.54, 1.807) is 6.20 Å². The Morgan fingerprint density at radius 2 is 2.03 bits per heavy atom. The molecule has 178 valence electrons. The van der Waals surface area contributed by atoms with Crippen molar-refractivity contribution < 1.29 is 4.79 Å². The highest BCUT2D eigenvalue weighted by Crippen LogP contribution is 2.35. The van der Waals surface area contributed by atoms with Crippen molar-refractivity contribution in [3.63, 3.8) is 0 Å². The summed E-state index contributed by atoms with van der Waals surface area (Å²) in [4.78, 5) is 33.4. The van der Waals surface area contributed by atoms with Gasteiger partial charge in [0, 0.05) is 51.5 Å². The third-order valence-electron chi connectivity index (χ3n) is 7.77. The summed E-state index contributed by atoms with van der Waals surface area (Å²) in [5.74, 6) is 1.45. The van der Waals surface area contributed by atoms with Crippen LogP contribution in [0.1, 0.15) is 26.0 Å². The molecular weight excluding hydrogens is 452 g/mol. The molecule has 0 saturated carbocycles. The average molecular weight is 481 g/mol. The third-order valence-corrected chi connectivity index (χ3v) is 8.04. The smallest absolute Gasteiger partial charge is 0.229 e. The summed E-state index contributed by atoms with van der Waals surface area (Å²) in [5, 5.41) is 4.03. The minimum absolute atomic E-state index is 0.107. The van der Waals surface area contributed by atoms with Crippen LogP contribution in [-0.2, 0) is 10.3 Å². The van der Waals surface area contributed by atoms with Gasteiger partial charge in [0.1, 0.15) is 10.7 Å². The molecule has 0 radical (unpaired) electrons. The van der Waals surface area contributed by atoms with Crippen LogP contribution >= 0.6 is 11.6 Å². The standard InChI is InChI=1S/C24H29ClN8O/c1-24(2,19-11-27-20-6-4-5-7-32(19)20)30(3)22(34)15-12-31(13-15)21-18(25)10-28-23(29-21)33-14-16-8-17(33)9-26-16/h4-7,10-11,15-17,26H,8-9,12-14H2,1-3H3. The Bertz CT molecular complexity index is 1250. The van der Waals surface area contributed by atoms with E-state index in [4.69, 9.17) is 16.6 Å². The van der Waals surface area contributed by atoms with Gasteiger partial charge in [-0.1, -0.05) is 17.7 Å². The molecule has 10 heteroatoms. The summed E-state index contributed by atoms with van der Waals surface area (Å²) in [6.07, 6.45) is 6.67. The summed E-state index contributed by atoms with van der Waals surface area (Å²) in [6, 6.07) is 6.87. The van der Waals surface area contributed by atoms with Gasteiger partial charge in [0.2, 0.25) is 11.9 Å². The highest BCUT2D eigenvalue weighted by Gasteiger charge is 2.42. The topological polar surface area (TPSA) is 81.9 Å². The SMILES string of the molecule is CN(C(=O)C1CN(c2nc(N3CC4CC3CN4)ncc2Cl)C1)C(C)(C)c1cnc2ccccn12. The maximum Gasteiger partial charge on any atom is 0.229 e. The first-order chi connectivity index (χ1) is 16.3. The Kier molecular flexibility index (Phi) is 4.97. The molecule has 3 aromatic heterocycles. The number of anilines is 2. The predicted octanol–water partition coefficient (Wildman–Crippen LogP) is 2.16. The van der Waals surface area contributed by atoms with Gasteiger partial charge in [-0.25, -0.2) is 9.97 Å². The maximum atomic E-state index is 13.4. The summed E-state index contributed by atoms with van der Waals surface area (Å²) >= 11 is 6.47. The van der Waals surface area contributed by atoms with E-state index in [1.165, 1.54) is 0 Å². The average Bonchev–Trinajstić information content (AvgIpc) is 3.54. The largest absolute Gasteiger partial charge is 0.353 e. The van der Waals surface area contributed by atoms with E-state index in [2.05, 4.69) is 38.9 Å². The van der Waals surface area contributed by atoms with Gasteiger partial charge >= 0.3 is 0 Å². The normalized spacial score (nSPS) is 22.5. The van der Waals surface area contributed by atoms with Crippen LogP contribution < -0.4 is 15.1 Å². The number of imidazole rings is 1. The number of hydrogen-bond acceptors (Lipinski definition) is 7. The number of hydrogen-bond donors (Lipinski definition) is 1. The second kappa shape index (κ2) is 7.81. The van der Waals surface area contributed by atoms with E-state index in [-0.39, 0.29) is 11.8 Å². The quantitative estimate of drug-likeness (QED) is 0.599. The summed E-state index contributed by atoms with van der Waals surface area (Å²) in [6.45, 7) is 7.21. The molecule has 6 heterocycles. The first kappa shape index (κ1) is 21.6. The lowest BCUT2D eigenvalue weighted by molar-refractivity contribution is -0.140. The van der Waals surface area contributed by atoms with Crippen LogP contribution in [-0.4, -0.2) is 75.5 Å². The lowest BCUT2D eigenvalue weighted by Gasteiger charge is -2.44. The number of rotatable bonds is 5. The van der Waals surface area contributed by atoms with E-state index < -0.39 is 5.54 Å². The molecule has 0 aromatic carbocycles. The Balaban J connectivity index is 1.16. The highest BCUT2D eigenvalue weighted by molar-refractivity contribution is 6.32. The first-order valence-electron chi connectivity index (χ1n) is 11.8. The minimum atomic E-state index is -0.513. The second-order valence-corrected chi connectivity index (χ2v) is 10.5. The molecule has 9 nitrogen and oxygen atoms in total. The van der Waals surface area contributed by atoms with Crippen molar-refractivity contribution in [2.24, 2.45) is 5.92 Å². The van der Waals surface area contributed by atoms with Crippen molar-refractivity contribution >= 4 is 34.9 Å². The molecule has 2 unspecified atom stereocenters. The summed E-state index contributed by atoms with van der Waals surface area (Å²) in [5.41, 5.74) is 1.34. The number of carbonyl (C=O) groups is 1. The van der Waals surface area contributed by atoms with Crippen LogP contribution in [0.3, 0.4) is 0 Å². The number of aromatic nitrogens is 4. The lowest BCUT2D eigenvalue weighted by atomic mass is 9.93. The van der Waals surface area contributed by atoms with Crippen molar-refractivity contribution in [1.82, 2.24) is 29.6 Å². The molecule has 3 aliphatic rings. The van der Waals surface area contributed by atoms with Crippen molar-refractivity contribution in [2.75, 3.05) is 43.0 Å². The van der Waals surface area contributed by atoms with Crippen molar-refractivity contribution in [3.8, 4) is 0 Å². The Morgan fingerprint density at radius 1 is 1.21 bits per heavy atom. The molecule has 0 aliphatic carbocycles. The molecular formula is C24H29ClN8O. The molecule has 2 bridgehead atoms. The molecule has 3 fully saturated rings. The zero-order chi connectivity index (χ0) is 23.6. The Labute approximate surface area is 203 Å². The maximum absolute atomic E-state index is 13.4. The molecule has 0 spiro atoms. The van der Waals surface area contributed by atoms with Gasteiger partial charge in [0.05, 0.1) is 29.5 Å². The van der Waals surface area contributed by atoms with Crippen LogP contribution in [0, 0.1) is 5.92 Å². The second-order valence-electron chi connectivity index (χ2n) is 10.1. The molecule has 2 atom stereocenters. The molecule has 1 N–H and O–H groups in total. The molecule has 34 heavy (non-hydrogen) atoms. The van der Waals surface area contributed by atoms with Gasteiger partial charge in [-0.3, -0.25) is 4.79 Å². The van der Waals surface area contributed by atoms with E-state index in [0.29, 0.717) is 30.2 Å². The number of nitrogens with zero attached hydrogens (tertiary/aromatic N) is 7. The minimum Gasteiger partial charge on any atom is -0.353 e. The number of halogens is 1. The predicted molar refractivity (Wildman–Crippen MR) is 131 cm³/mol. The number of pyridine rings is 1. The molecule has 3 aromatic rings. The lowest BCUT2D eigenvalue weighted by Crippen LogP contribution is -2.57. The van der Waals surface area contributed by atoms with Gasteiger partial charge in [-0.2, -0.15) is 4.98 Å². The van der Waals surface area contributed by atoms with Crippen LogP contribution in [0.2, 0.25) is 5.02 Å². The molecule has 3 aliphatic heterocycles. The summed E-state index contributed by atoms with van der Waals surface area (Å²) in [7, 11) is 1.87. The Morgan fingerprint density at radius 3 is 2.76 bits per heavy atom. The van der Waals surface area contributed by atoms with E-state index in [1.807, 2.05) is 46.9 Å². The number of nitrogens with one attached hydrogen (secondary N) is 1. The molecule has 1 amide bonds. The van der Waals surface area contributed by atoms with Crippen molar-refractivity contribution in [2.45, 2.75) is 37.9 Å². The number of amides is 1. The Hall–Kier alpha value is -2.91. The monoisotopic (exact) mass is 480 g/mol. The molecule has 3 saturated heterocycles. The van der Waals surface area contributed by atoms with E-state index >= 15 is 0 Å². The zero-order valence-electron chi connectivity index (χ0n) is 19.6. The van der Waals surface area contributed by atoms with Gasteiger partial charge in [-0.15, -0.1) is 0 Å². The van der Waals surface area contributed by atoms with Gasteiger partial charge < -0.3 is 24.4 Å². The third kappa shape index (κ3) is 3.32. The fourth-order valence-electron chi connectivity index (χ4n) is 5.43. The van der Waals surface area contributed by atoms with Gasteiger partial charge in [0.15, 0.2) is 5.82 Å². The van der Waals surface area contributed by atoms with E-state index in [9.17, 15) is 4.79 Å². The van der Waals surface area contributed by atoms with Crippen LogP contribution in [0.4, 0.5) is 11.8 Å². The van der Waals surface area contributed by atoms with Crippen molar-refractivity contribution in [1.29, 1.82) is 0 Å². The number of fused-ring (bicyclic) bond motifs is 3. The fourth-order valence-corrected chi connectivity index (χ4v) is 5.64. The summed E-state index contributed by atoms with van der Waals surface area (Å²) < 4.78 is 2.04. The van der Waals surface area contributed by atoms with Gasteiger partial charge in [0.25, 0.3) is 0 Å². The number of carbonyl (C=O) groups excluding carboxylic acids is 1.